The van der Waals surface area contributed by atoms with Gasteiger partial charge in [-0.15, -0.1) is 0 Å². The number of hydrogen-bond acceptors (Lipinski definition) is 3. The van der Waals surface area contributed by atoms with Crippen LogP contribution in [0.4, 0.5) is 0 Å². The summed E-state index contributed by atoms with van der Waals surface area (Å²) in [5.74, 6) is -0.0524. The molecule has 1 aromatic rings. The topological polar surface area (TPSA) is 63.3 Å². The lowest BCUT2D eigenvalue weighted by molar-refractivity contribution is 0.0982. The van der Waals surface area contributed by atoms with Crippen LogP contribution in [0, 0.1) is 13.8 Å². The van der Waals surface area contributed by atoms with Crippen LogP contribution in [0.2, 0.25) is 0 Å². The van der Waals surface area contributed by atoms with Crippen LogP contribution in [-0.4, -0.2) is 17.4 Å². The highest BCUT2D eigenvalue weighted by Gasteiger charge is 2.17. The van der Waals surface area contributed by atoms with Crippen molar-refractivity contribution < 1.29 is 9.90 Å². The van der Waals surface area contributed by atoms with E-state index in [0.717, 1.165) is 10.0 Å². The number of carbonyl (C=O) groups is 1. The second-order valence-electron chi connectivity index (χ2n) is 3.49. The second-order valence-corrected chi connectivity index (χ2v) is 4.34. The Bertz CT molecular complexity index is 402. The van der Waals surface area contributed by atoms with E-state index in [-0.39, 0.29) is 18.0 Å². The van der Waals surface area contributed by atoms with Crippen LogP contribution >= 0.6 is 15.9 Å². The molecule has 0 atom stereocenters. The number of nitrogens with two attached hydrogens (primary N) is 1. The Balaban J connectivity index is 3.29. The molecule has 4 heteroatoms. The van der Waals surface area contributed by atoms with Gasteiger partial charge in [-0.05, 0) is 32.0 Å². The quantitative estimate of drug-likeness (QED) is 0.830. The van der Waals surface area contributed by atoms with Gasteiger partial charge in [-0.3, -0.25) is 4.79 Å². The van der Waals surface area contributed by atoms with Crippen LogP contribution in [0.3, 0.4) is 0 Å². The molecule has 1 rings (SSSR count). The van der Waals surface area contributed by atoms with Gasteiger partial charge in [-0.1, -0.05) is 15.9 Å². The minimum Gasteiger partial charge on any atom is -0.507 e. The summed E-state index contributed by atoms with van der Waals surface area (Å²) in [5, 5.41) is 9.86. The normalized spacial score (nSPS) is 10.4. The van der Waals surface area contributed by atoms with Crippen LogP contribution in [0.5, 0.6) is 5.75 Å². The molecule has 0 aromatic heterocycles. The molecule has 3 N–H and O–H groups in total. The minimum absolute atomic E-state index is 0.0559. The molecular weight excluding hydrogens is 258 g/mol. The fourth-order valence-corrected chi connectivity index (χ4v) is 2.00. The summed E-state index contributed by atoms with van der Waals surface area (Å²) in [7, 11) is 0. The lowest BCUT2D eigenvalue weighted by Crippen LogP contribution is -2.10. The number of phenols is 1. The summed E-state index contributed by atoms with van der Waals surface area (Å²) in [6, 6.07) is 1.83. The zero-order valence-electron chi connectivity index (χ0n) is 8.80. The number of halogens is 1. The largest absolute Gasteiger partial charge is 0.507 e. The van der Waals surface area contributed by atoms with Gasteiger partial charge in [0.25, 0.3) is 0 Å². The number of aromatic hydroxyl groups is 1. The molecule has 0 radical (unpaired) electrons. The summed E-state index contributed by atoms with van der Waals surface area (Å²) >= 11 is 3.32. The van der Waals surface area contributed by atoms with Gasteiger partial charge in [0.1, 0.15) is 5.75 Å². The number of benzene rings is 1. The zero-order valence-corrected chi connectivity index (χ0v) is 10.4. The number of carbonyl (C=O) groups excluding carboxylic acids is 1. The first-order chi connectivity index (χ1) is 6.99. The standard InChI is InChI=1S/C11H14BrNO2/c1-6-5-8(12)7(2)11(15)10(6)9(14)3-4-13/h5,15H,3-4,13H2,1-2H3. The number of ketones is 1. The molecule has 0 saturated heterocycles. The van der Waals surface area contributed by atoms with Crippen LogP contribution in [0.25, 0.3) is 0 Å². The fourth-order valence-electron chi connectivity index (χ4n) is 1.47. The molecule has 0 aliphatic rings. The smallest absolute Gasteiger partial charge is 0.168 e. The van der Waals surface area contributed by atoms with Crippen molar-refractivity contribution in [3.8, 4) is 5.75 Å². The van der Waals surface area contributed by atoms with Crippen molar-refractivity contribution in [3.05, 3.63) is 27.2 Å². The molecule has 0 amide bonds. The molecule has 0 aliphatic carbocycles. The Morgan fingerprint density at radius 3 is 2.67 bits per heavy atom. The Labute approximate surface area is 97.4 Å². The fraction of sp³-hybridized carbons (Fsp3) is 0.364. The lowest BCUT2D eigenvalue weighted by atomic mass is 9.98. The third-order valence-electron chi connectivity index (χ3n) is 2.34. The predicted octanol–water partition coefficient (Wildman–Crippen LogP) is 2.30. The molecular formula is C11H14BrNO2. The van der Waals surface area contributed by atoms with Gasteiger partial charge in [0.05, 0.1) is 5.56 Å². The molecule has 0 bridgehead atoms. The molecule has 82 valence electrons. The molecule has 0 fully saturated rings. The molecule has 0 unspecified atom stereocenters. The summed E-state index contributed by atoms with van der Waals surface area (Å²) < 4.78 is 0.807. The maximum Gasteiger partial charge on any atom is 0.168 e. The monoisotopic (exact) mass is 271 g/mol. The maximum atomic E-state index is 11.7. The Kier molecular flexibility index (Phi) is 3.88. The number of phenolic OH excluding ortho intramolecular Hbond substituents is 1. The van der Waals surface area contributed by atoms with E-state index in [4.69, 9.17) is 5.73 Å². The molecule has 0 heterocycles. The van der Waals surface area contributed by atoms with Crippen molar-refractivity contribution in [2.24, 2.45) is 5.73 Å². The van der Waals surface area contributed by atoms with Gasteiger partial charge in [0.15, 0.2) is 5.78 Å². The van der Waals surface area contributed by atoms with E-state index in [9.17, 15) is 9.90 Å². The van der Waals surface area contributed by atoms with E-state index in [0.29, 0.717) is 17.7 Å². The van der Waals surface area contributed by atoms with E-state index in [1.54, 1.807) is 13.8 Å². The summed E-state index contributed by atoms with van der Waals surface area (Å²) in [5.41, 5.74) is 7.16. The molecule has 0 aliphatic heterocycles. The van der Waals surface area contributed by atoms with E-state index in [1.807, 2.05) is 6.07 Å². The molecule has 0 spiro atoms. The van der Waals surface area contributed by atoms with Crippen molar-refractivity contribution in [1.29, 1.82) is 0 Å². The zero-order chi connectivity index (χ0) is 11.6. The number of Topliss-reactive ketones (excluding diaryl/α,β-unsaturated/α-hetero) is 1. The van der Waals surface area contributed by atoms with Crippen LogP contribution in [-0.2, 0) is 0 Å². The average molecular weight is 272 g/mol. The van der Waals surface area contributed by atoms with Gasteiger partial charge in [0, 0.05) is 16.5 Å². The van der Waals surface area contributed by atoms with E-state index in [1.165, 1.54) is 0 Å². The Morgan fingerprint density at radius 1 is 1.53 bits per heavy atom. The summed E-state index contributed by atoms with van der Waals surface area (Å²) in [6.45, 7) is 3.86. The number of rotatable bonds is 3. The van der Waals surface area contributed by atoms with Gasteiger partial charge >= 0.3 is 0 Å². The highest BCUT2D eigenvalue weighted by Crippen LogP contribution is 2.32. The van der Waals surface area contributed by atoms with E-state index < -0.39 is 0 Å². The summed E-state index contributed by atoms with van der Waals surface area (Å²) in [6.07, 6.45) is 0.259. The van der Waals surface area contributed by atoms with Gasteiger partial charge in [-0.25, -0.2) is 0 Å². The van der Waals surface area contributed by atoms with Crippen LogP contribution in [0.1, 0.15) is 27.9 Å². The average Bonchev–Trinajstić information content (AvgIpc) is 2.15. The predicted molar refractivity (Wildman–Crippen MR) is 63.3 cm³/mol. The highest BCUT2D eigenvalue weighted by atomic mass is 79.9. The van der Waals surface area contributed by atoms with Crippen molar-refractivity contribution >= 4 is 21.7 Å². The van der Waals surface area contributed by atoms with Gasteiger partial charge < -0.3 is 10.8 Å². The third kappa shape index (κ3) is 2.38. The molecule has 3 nitrogen and oxygen atoms in total. The molecule has 15 heavy (non-hydrogen) atoms. The van der Waals surface area contributed by atoms with E-state index in [2.05, 4.69) is 15.9 Å². The van der Waals surface area contributed by atoms with Crippen molar-refractivity contribution in [2.75, 3.05) is 6.54 Å². The number of hydrogen-bond donors (Lipinski definition) is 2. The summed E-state index contributed by atoms with van der Waals surface area (Å²) in [4.78, 5) is 11.7. The van der Waals surface area contributed by atoms with Crippen molar-refractivity contribution in [3.63, 3.8) is 0 Å². The Hall–Kier alpha value is -0.870. The lowest BCUT2D eigenvalue weighted by Gasteiger charge is -2.11. The van der Waals surface area contributed by atoms with Gasteiger partial charge in [0.2, 0.25) is 0 Å². The van der Waals surface area contributed by atoms with Crippen molar-refractivity contribution in [2.45, 2.75) is 20.3 Å². The molecule has 1 aromatic carbocycles. The van der Waals surface area contributed by atoms with Gasteiger partial charge in [-0.2, -0.15) is 0 Å². The number of aryl methyl sites for hydroxylation is 1. The third-order valence-corrected chi connectivity index (χ3v) is 3.16. The van der Waals surface area contributed by atoms with Crippen molar-refractivity contribution in [1.82, 2.24) is 0 Å². The first-order valence-electron chi connectivity index (χ1n) is 4.71. The Morgan fingerprint density at radius 2 is 2.13 bits per heavy atom. The minimum atomic E-state index is -0.108. The highest BCUT2D eigenvalue weighted by molar-refractivity contribution is 9.10. The second kappa shape index (κ2) is 4.77. The molecule has 0 saturated carbocycles. The first kappa shape index (κ1) is 12.2. The maximum absolute atomic E-state index is 11.7. The first-order valence-corrected chi connectivity index (χ1v) is 5.50. The van der Waals surface area contributed by atoms with E-state index >= 15 is 0 Å². The van der Waals surface area contributed by atoms with Crippen LogP contribution < -0.4 is 5.73 Å². The van der Waals surface area contributed by atoms with Crippen LogP contribution in [0.15, 0.2) is 10.5 Å². The SMILES string of the molecule is Cc1cc(Br)c(C)c(O)c1C(=O)CCN.